The van der Waals surface area contributed by atoms with Crippen LogP contribution >= 0.6 is 0 Å². The van der Waals surface area contributed by atoms with Gasteiger partial charge < -0.3 is 14.7 Å². The molecule has 0 bridgehead atoms. The maximum absolute atomic E-state index is 12.8. The second-order valence-electron chi connectivity index (χ2n) is 8.01. The molecule has 4 rings (SSSR count). The van der Waals surface area contributed by atoms with Crippen LogP contribution in [-0.2, 0) is 16.0 Å². The third-order valence-corrected chi connectivity index (χ3v) is 6.49. The molecule has 1 aromatic rings. The molecule has 0 aliphatic carbocycles. The first kappa shape index (κ1) is 17.5. The van der Waals surface area contributed by atoms with Crippen LogP contribution in [0.1, 0.15) is 18.4 Å². The summed E-state index contributed by atoms with van der Waals surface area (Å²) in [5, 5.41) is 0. The smallest absolute Gasteiger partial charge is 0.316 e. The van der Waals surface area contributed by atoms with Crippen molar-refractivity contribution in [2.24, 2.45) is 0 Å². The summed E-state index contributed by atoms with van der Waals surface area (Å²) in [4.78, 5) is 33.9. The minimum absolute atomic E-state index is 0.146. The predicted molar refractivity (Wildman–Crippen MR) is 101 cm³/mol. The zero-order valence-corrected chi connectivity index (χ0v) is 15.8. The van der Waals surface area contributed by atoms with E-state index in [1.54, 1.807) is 9.80 Å². The molecule has 0 unspecified atom stereocenters. The molecule has 2 amide bonds. The number of benzene rings is 1. The van der Waals surface area contributed by atoms with Crippen molar-refractivity contribution in [1.82, 2.24) is 14.7 Å². The molecule has 2 fully saturated rings. The molecule has 3 aliphatic rings. The van der Waals surface area contributed by atoms with Gasteiger partial charge in [-0.1, -0.05) is 18.2 Å². The van der Waals surface area contributed by atoms with Crippen molar-refractivity contribution in [2.75, 3.05) is 58.3 Å². The summed E-state index contributed by atoms with van der Waals surface area (Å²) < 4.78 is 0. The number of anilines is 1. The first-order valence-electron chi connectivity index (χ1n) is 9.59. The molecular weight excluding hydrogens is 328 g/mol. The fourth-order valence-corrected chi connectivity index (χ4v) is 4.73. The Balaban J connectivity index is 1.42. The highest BCUT2D eigenvalue weighted by atomic mass is 16.2. The first-order chi connectivity index (χ1) is 12.5. The van der Waals surface area contributed by atoms with Gasteiger partial charge in [-0.2, -0.15) is 0 Å². The van der Waals surface area contributed by atoms with E-state index in [0.717, 1.165) is 50.1 Å². The van der Waals surface area contributed by atoms with E-state index < -0.39 is 0 Å². The van der Waals surface area contributed by atoms with Gasteiger partial charge in [0.25, 0.3) is 0 Å². The number of para-hydroxylation sites is 1. The van der Waals surface area contributed by atoms with Crippen LogP contribution in [0.3, 0.4) is 0 Å². The van der Waals surface area contributed by atoms with E-state index in [9.17, 15) is 9.59 Å². The molecule has 0 atom stereocenters. The van der Waals surface area contributed by atoms with Crippen molar-refractivity contribution in [3.8, 4) is 0 Å². The van der Waals surface area contributed by atoms with Crippen molar-refractivity contribution >= 4 is 17.5 Å². The lowest BCUT2D eigenvalue weighted by Crippen LogP contribution is -2.64. The molecule has 3 heterocycles. The molecule has 1 aromatic carbocycles. The van der Waals surface area contributed by atoms with Crippen LogP contribution in [0.4, 0.5) is 5.69 Å². The largest absolute Gasteiger partial charge is 0.334 e. The second-order valence-corrected chi connectivity index (χ2v) is 8.01. The number of likely N-dealkylation sites (N-methyl/N-ethyl adjacent to an activating group) is 2. The van der Waals surface area contributed by atoms with Crippen LogP contribution in [0, 0.1) is 0 Å². The van der Waals surface area contributed by atoms with Gasteiger partial charge in [0.05, 0.1) is 0 Å². The monoisotopic (exact) mass is 356 g/mol. The number of nitrogens with zero attached hydrogens (tertiary/aromatic N) is 4. The van der Waals surface area contributed by atoms with Gasteiger partial charge in [0.1, 0.15) is 0 Å². The highest BCUT2D eigenvalue weighted by Gasteiger charge is 2.43. The number of piperazine rings is 1. The summed E-state index contributed by atoms with van der Waals surface area (Å²) in [5.74, 6) is -0.719. The van der Waals surface area contributed by atoms with Crippen molar-refractivity contribution in [3.05, 3.63) is 29.8 Å². The Hall–Kier alpha value is -1.92. The third-order valence-electron chi connectivity index (χ3n) is 6.49. The summed E-state index contributed by atoms with van der Waals surface area (Å²) in [7, 11) is 4.36. The van der Waals surface area contributed by atoms with Crippen LogP contribution < -0.4 is 4.90 Å². The van der Waals surface area contributed by atoms with Crippen LogP contribution in [0.25, 0.3) is 0 Å². The van der Waals surface area contributed by atoms with Crippen LogP contribution in [0.5, 0.6) is 0 Å². The lowest BCUT2D eigenvalue weighted by molar-refractivity contribution is -0.146. The molecule has 0 saturated carbocycles. The van der Waals surface area contributed by atoms with Crippen LogP contribution in [0.2, 0.25) is 0 Å². The predicted octanol–water partition coefficient (Wildman–Crippen LogP) is 0.814. The molecule has 0 radical (unpaired) electrons. The number of hydrogen-bond acceptors (Lipinski definition) is 4. The highest BCUT2D eigenvalue weighted by molar-refractivity contribution is 6.40. The van der Waals surface area contributed by atoms with Crippen LogP contribution in [-0.4, -0.2) is 85.4 Å². The Morgan fingerprint density at radius 3 is 2.42 bits per heavy atom. The lowest BCUT2D eigenvalue weighted by Gasteiger charge is -2.52. The fraction of sp³-hybridized carbons (Fsp3) is 0.600. The SMILES string of the molecule is CN1CCN(C)C2(CCN(C(=O)C(=O)N3CCc4ccccc43)CC2)C1. The topological polar surface area (TPSA) is 47.1 Å². The maximum Gasteiger partial charge on any atom is 0.316 e. The summed E-state index contributed by atoms with van der Waals surface area (Å²) in [5.41, 5.74) is 2.19. The van der Waals surface area contributed by atoms with Gasteiger partial charge >= 0.3 is 11.8 Å². The minimum Gasteiger partial charge on any atom is -0.334 e. The molecule has 6 nitrogen and oxygen atoms in total. The molecule has 6 heteroatoms. The number of amides is 2. The molecule has 2 saturated heterocycles. The van der Waals surface area contributed by atoms with E-state index in [1.807, 2.05) is 24.3 Å². The molecule has 3 aliphatic heterocycles. The first-order valence-corrected chi connectivity index (χ1v) is 9.59. The van der Waals surface area contributed by atoms with Gasteiger partial charge in [0.15, 0.2) is 0 Å². The number of likely N-dealkylation sites (tertiary alicyclic amines) is 1. The van der Waals surface area contributed by atoms with E-state index in [2.05, 4.69) is 23.9 Å². The minimum atomic E-state index is -0.375. The fourth-order valence-electron chi connectivity index (χ4n) is 4.73. The Labute approximate surface area is 155 Å². The lowest BCUT2D eigenvalue weighted by atomic mass is 9.84. The zero-order valence-electron chi connectivity index (χ0n) is 15.8. The van der Waals surface area contributed by atoms with Gasteiger partial charge in [-0.3, -0.25) is 14.5 Å². The van der Waals surface area contributed by atoms with Gasteiger partial charge in [0.2, 0.25) is 0 Å². The summed E-state index contributed by atoms with van der Waals surface area (Å²) in [6.45, 7) is 5.13. The Bertz CT molecular complexity index is 712. The van der Waals surface area contributed by atoms with Gasteiger partial charge in [0, 0.05) is 50.5 Å². The molecule has 0 aromatic heterocycles. The molecular formula is C20H28N4O2. The number of carbonyl (C=O) groups is 2. The van der Waals surface area contributed by atoms with Crippen molar-refractivity contribution in [2.45, 2.75) is 24.8 Å². The second kappa shape index (κ2) is 6.67. The Morgan fingerprint density at radius 2 is 1.65 bits per heavy atom. The summed E-state index contributed by atoms with van der Waals surface area (Å²) >= 11 is 0. The standard InChI is InChI=1S/C20H28N4O2/c1-21-13-14-22(2)20(15-21)8-11-23(12-9-20)18(25)19(26)24-10-7-16-5-3-4-6-17(16)24/h3-6H,7-15H2,1-2H3. The van der Waals surface area contributed by atoms with Gasteiger partial charge in [-0.05, 0) is 45.0 Å². The van der Waals surface area contributed by atoms with Crippen LogP contribution in [0.15, 0.2) is 24.3 Å². The van der Waals surface area contributed by atoms with Gasteiger partial charge in [-0.25, -0.2) is 0 Å². The van der Waals surface area contributed by atoms with E-state index in [4.69, 9.17) is 0 Å². The number of carbonyl (C=O) groups excluding carboxylic acids is 2. The number of hydrogen-bond donors (Lipinski definition) is 0. The van der Waals surface area contributed by atoms with Gasteiger partial charge in [-0.15, -0.1) is 0 Å². The number of fused-ring (bicyclic) bond motifs is 1. The molecule has 1 spiro atoms. The zero-order chi connectivity index (χ0) is 18.3. The summed E-state index contributed by atoms with van der Waals surface area (Å²) in [6.07, 6.45) is 2.70. The van der Waals surface area contributed by atoms with Crippen molar-refractivity contribution < 1.29 is 9.59 Å². The van der Waals surface area contributed by atoms with E-state index in [0.29, 0.717) is 19.6 Å². The van der Waals surface area contributed by atoms with Crippen molar-refractivity contribution in [1.29, 1.82) is 0 Å². The normalized spacial score (nSPS) is 23.3. The van der Waals surface area contributed by atoms with Crippen molar-refractivity contribution in [3.63, 3.8) is 0 Å². The van der Waals surface area contributed by atoms with E-state index >= 15 is 0 Å². The average Bonchev–Trinajstić information content (AvgIpc) is 3.09. The quantitative estimate of drug-likeness (QED) is 0.646. The number of piperidine rings is 1. The third kappa shape index (κ3) is 2.91. The molecule has 140 valence electrons. The highest BCUT2D eigenvalue weighted by Crippen LogP contribution is 2.32. The van der Waals surface area contributed by atoms with E-state index in [-0.39, 0.29) is 17.4 Å². The number of rotatable bonds is 0. The molecule has 0 N–H and O–H groups in total. The Morgan fingerprint density at radius 1 is 0.923 bits per heavy atom. The molecule has 26 heavy (non-hydrogen) atoms. The summed E-state index contributed by atoms with van der Waals surface area (Å²) in [6, 6.07) is 7.88. The Kier molecular flexibility index (Phi) is 4.49. The maximum atomic E-state index is 12.8. The van der Waals surface area contributed by atoms with E-state index in [1.165, 1.54) is 0 Å². The average molecular weight is 356 g/mol.